The van der Waals surface area contributed by atoms with Crippen molar-refractivity contribution in [3.63, 3.8) is 0 Å². The second kappa shape index (κ2) is 14.8. The molecular formula is C57H37NS. The molecule has 1 heterocycles. The summed E-state index contributed by atoms with van der Waals surface area (Å²) in [6, 6.07) is 81.4. The van der Waals surface area contributed by atoms with E-state index in [-0.39, 0.29) is 0 Å². The summed E-state index contributed by atoms with van der Waals surface area (Å²) in [5, 5.41) is 5.93. The monoisotopic (exact) mass is 767 g/mol. The zero-order valence-corrected chi connectivity index (χ0v) is 33.0. The number of para-hydroxylation sites is 1. The highest BCUT2D eigenvalue weighted by molar-refractivity contribution is 7.21. The Hall–Kier alpha value is -7.39. The Labute approximate surface area is 348 Å². The Kier molecular flexibility index (Phi) is 8.76. The molecule has 0 atom stereocenters. The largest absolute Gasteiger partial charge is 0.236 e. The van der Waals surface area contributed by atoms with E-state index in [0.29, 0.717) is 0 Å². The maximum Gasteiger partial charge on any atom is 0.125 e. The summed E-state index contributed by atoms with van der Waals surface area (Å²) in [6.45, 7) is 0. The standard InChI is InChI=1S/C57H37NS/c1-5-19-38(20-6-1)48-37-49(54(41-23-9-3-10-24-41)55(42-25-11-4-12-26-42)53(48)40-21-7-2-8-22-40)39-33-35-43(36-34-39)52-44-27-13-15-29-46(44)56(47-30-16-14-28-45(47)52)57-58-50-31-17-18-32-51(50)59-57/h1-37H. The molecule has 0 fully saturated rings. The van der Waals surface area contributed by atoms with Crippen molar-refractivity contribution >= 4 is 43.1 Å². The molecule has 0 saturated carbocycles. The van der Waals surface area contributed by atoms with E-state index in [0.717, 1.165) is 10.5 Å². The lowest BCUT2D eigenvalue weighted by molar-refractivity contribution is 1.50. The average Bonchev–Trinajstić information content (AvgIpc) is 3.75. The third-order valence-electron chi connectivity index (χ3n) is 11.5. The van der Waals surface area contributed by atoms with Crippen molar-refractivity contribution in [2.75, 3.05) is 0 Å². The highest BCUT2D eigenvalue weighted by Crippen LogP contribution is 2.51. The van der Waals surface area contributed by atoms with Crippen LogP contribution in [0, 0.1) is 0 Å². The van der Waals surface area contributed by atoms with Gasteiger partial charge < -0.3 is 0 Å². The van der Waals surface area contributed by atoms with Crippen LogP contribution in [0.5, 0.6) is 0 Å². The summed E-state index contributed by atoms with van der Waals surface area (Å²) >= 11 is 1.77. The van der Waals surface area contributed by atoms with Crippen LogP contribution >= 0.6 is 11.3 Å². The topological polar surface area (TPSA) is 12.9 Å². The zero-order valence-electron chi connectivity index (χ0n) is 32.2. The van der Waals surface area contributed by atoms with Gasteiger partial charge in [0, 0.05) is 5.56 Å². The third kappa shape index (κ3) is 6.14. The van der Waals surface area contributed by atoms with Gasteiger partial charge in [-0.3, -0.25) is 0 Å². The summed E-state index contributed by atoms with van der Waals surface area (Å²) in [7, 11) is 0. The summed E-state index contributed by atoms with van der Waals surface area (Å²) < 4.78 is 1.20. The van der Waals surface area contributed by atoms with Crippen LogP contribution in [0.25, 0.3) is 109 Å². The molecule has 0 amide bonds. The highest BCUT2D eigenvalue weighted by atomic mass is 32.1. The first-order valence-electron chi connectivity index (χ1n) is 20.1. The molecular weight excluding hydrogens is 731 g/mol. The lowest BCUT2D eigenvalue weighted by Gasteiger charge is -2.24. The average molecular weight is 768 g/mol. The maximum absolute atomic E-state index is 5.17. The van der Waals surface area contributed by atoms with Gasteiger partial charge in [-0.1, -0.05) is 206 Å². The third-order valence-corrected chi connectivity index (χ3v) is 12.6. The highest BCUT2D eigenvalue weighted by Gasteiger charge is 2.24. The first-order chi connectivity index (χ1) is 29.3. The minimum absolute atomic E-state index is 1.04. The van der Waals surface area contributed by atoms with Crippen molar-refractivity contribution in [3.8, 4) is 77.3 Å². The van der Waals surface area contributed by atoms with Crippen LogP contribution in [0.1, 0.15) is 0 Å². The number of fused-ring (bicyclic) bond motifs is 3. The van der Waals surface area contributed by atoms with Gasteiger partial charge in [0.15, 0.2) is 0 Å². The molecule has 1 nitrogen and oxygen atoms in total. The van der Waals surface area contributed by atoms with Crippen LogP contribution in [-0.4, -0.2) is 4.98 Å². The van der Waals surface area contributed by atoms with Gasteiger partial charge >= 0.3 is 0 Å². The zero-order chi connectivity index (χ0) is 39.1. The number of aromatic nitrogens is 1. The fourth-order valence-corrected chi connectivity index (χ4v) is 9.96. The van der Waals surface area contributed by atoms with Gasteiger partial charge in [0.05, 0.1) is 10.2 Å². The second-order valence-electron chi connectivity index (χ2n) is 15.0. The van der Waals surface area contributed by atoms with Crippen molar-refractivity contribution in [2.24, 2.45) is 0 Å². The van der Waals surface area contributed by atoms with Crippen LogP contribution in [0.4, 0.5) is 0 Å². The van der Waals surface area contributed by atoms with Crippen molar-refractivity contribution in [1.82, 2.24) is 4.98 Å². The second-order valence-corrected chi connectivity index (χ2v) is 16.0. The van der Waals surface area contributed by atoms with Crippen molar-refractivity contribution < 1.29 is 0 Å². The number of hydrogen-bond acceptors (Lipinski definition) is 2. The quantitative estimate of drug-likeness (QED) is 0.147. The molecule has 11 rings (SSSR count). The maximum atomic E-state index is 5.17. The van der Waals surface area contributed by atoms with E-state index in [2.05, 4.69) is 224 Å². The Balaban J connectivity index is 1.17. The molecule has 0 unspecified atom stereocenters. The van der Waals surface area contributed by atoms with Gasteiger partial charge in [-0.25, -0.2) is 4.98 Å². The molecule has 0 bridgehead atoms. The first kappa shape index (κ1) is 34.8. The van der Waals surface area contributed by atoms with Gasteiger partial charge in [0.2, 0.25) is 0 Å². The van der Waals surface area contributed by atoms with E-state index in [1.54, 1.807) is 11.3 Å². The Bertz CT molecular complexity index is 3190. The molecule has 10 aromatic carbocycles. The smallest absolute Gasteiger partial charge is 0.125 e. The number of nitrogens with zero attached hydrogens (tertiary/aromatic N) is 1. The molecule has 1 aromatic heterocycles. The molecule has 276 valence electrons. The van der Waals surface area contributed by atoms with Crippen molar-refractivity contribution in [2.45, 2.75) is 0 Å². The molecule has 2 heteroatoms. The number of hydrogen-bond donors (Lipinski definition) is 0. The SMILES string of the molecule is c1ccc(-c2cc(-c3ccc(-c4c5ccccc5c(-c5nc6ccccc6s5)c5ccccc45)cc3)c(-c3ccccc3)c(-c3ccccc3)c2-c2ccccc2)cc1. The fraction of sp³-hybridized carbons (Fsp3) is 0. The first-order valence-corrected chi connectivity index (χ1v) is 20.9. The Morgan fingerprint density at radius 2 is 0.627 bits per heavy atom. The van der Waals surface area contributed by atoms with Crippen molar-refractivity contribution in [1.29, 1.82) is 0 Å². The van der Waals surface area contributed by atoms with E-state index in [1.807, 2.05) is 0 Å². The van der Waals surface area contributed by atoms with E-state index in [9.17, 15) is 0 Å². The fourth-order valence-electron chi connectivity index (χ4n) is 8.92. The lowest BCUT2D eigenvalue weighted by atomic mass is 9.78. The van der Waals surface area contributed by atoms with Gasteiger partial charge in [-0.05, 0) is 107 Å². The minimum Gasteiger partial charge on any atom is -0.236 e. The molecule has 0 aliphatic heterocycles. The van der Waals surface area contributed by atoms with E-state index >= 15 is 0 Å². The minimum atomic E-state index is 1.04. The van der Waals surface area contributed by atoms with Crippen molar-refractivity contribution in [3.05, 3.63) is 224 Å². The summed E-state index contributed by atoms with van der Waals surface area (Å²) in [5.74, 6) is 0. The number of benzene rings is 10. The number of rotatable bonds is 7. The van der Waals surface area contributed by atoms with E-state index in [1.165, 1.54) is 98.6 Å². The molecule has 11 aromatic rings. The van der Waals surface area contributed by atoms with Gasteiger partial charge in [-0.15, -0.1) is 11.3 Å². The van der Waals surface area contributed by atoms with E-state index in [4.69, 9.17) is 4.98 Å². The normalized spacial score (nSPS) is 11.4. The number of thiazole rings is 1. The molecule has 0 aliphatic rings. The Morgan fingerprint density at radius 1 is 0.271 bits per heavy atom. The van der Waals surface area contributed by atoms with Gasteiger partial charge in [0.25, 0.3) is 0 Å². The lowest BCUT2D eigenvalue weighted by Crippen LogP contribution is -1.98. The van der Waals surface area contributed by atoms with Crippen LogP contribution in [-0.2, 0) is 0 Å². The summed E-state index contributed by atoms with van der Waals surface area (Å²) in [4.78, 5) is 5.17. The summed E-state index contributed by atoms with van der Waals surface area (Å²) in [5.41, 5.74) is 16.7. The van der Waals surface area contributed by atoms with Crippen LogP contribution in [0.3, 0.4) is 0 Å². The van der Waals surface area contributed by atoms with Crippen LogP contribution in [0.2, 0.25) is 0 Å². The van der Waals surface area contributed by atoms with Gasteiger partial charge in [-0.2, -0.15) is 0 Å². The Morgan fingerprint density at radius 3 is 1.12 bits per heavy atom. The predicted octanol–water partition coefficient (Wildman–Crippen LogP) is 16.3. The molecule has 0 N–H and O–H groups in total. The molecule has 0 aliphatic carbocycles. The van der Waals surface area contributed by atoms with E-state index < -0.39 is 0 Å². The molecule has 0 spiro atoms. The molecule has 59 heavy (non-hydrogen) atoms. The predicted molar refractivity (Wildman–Crippen MR) is 253 cm³/mol. The molecule has 0 radical (unpaired) electrons. The van der Waals surface area contributed by atoms with Gasteiger partial charge in [0.1, 0.15) is 5.01 Å². The van der Waals surface area contributed by atoms with Crippen LogP contribution < -0.4 is 0 Å². The molecule has 0 saturated heterocycles. The summed E-state index contributed by atoms with van der Waals surface area (Å²) in [6.07, 6.45) is 0. The van der Waals surface area contributed by atoms with Crippen LogP contribution in [0.15, 0.2) is 224 Å².